The summed E-state index contributed by atoms with van der Waals surface area (Å²) in [6.07, 6.45) is -4.84. The summed E-state index contributed by atoms with van der Waals surface area (Å²) in [5.74, 6) is -1.96. The van der Waals surface area contributed by atoms with Crippen LogP contribution in [0.2, 0.25) is 0 Å². The third kappa shape index (κ3) is 4.82. The SMILES string of the molecule is CC.Cc1ccc(NC(=O)C(F)(F)F)cc1. The molecule has 5 heteroatoms. The van der Waals surface area contributed by atoms with Gasteiger partial charge in [-0.25, -0.2) is 0 Å². The maximum Gasteiger partial charge on any atom is 0.471 e. The molecule has 0 atom stereocenters. The highest BCUT2D eigenvalue weighted by atomic mass is 19.4. The Balaban J connectivity index is 0.00000106. The van der Waals surface area contributed by atoms with E-state index in [0.29, 0.717) is 0 Å². The molecule has 0 heterocycles. The van der Waals surface area contributed by atoms with Crippen LogP contribution in [0.4, 0.5) is 18.9 Å². The quantitative estimate of drug-likeness (QED) is 0.790. The summed E-state index contributed by atoms with van der Waals surface area (Å²) in [6, 6.07) is 6.07. The molecule has 90 valence electrons. The van der Waals surface area contributed by atoms with Gasteiger partial charge in [0.1, 0.15) is 0 Å². The molecule has 0 aliphatic carbocycles. The molecule has 0 aliphatic rings. The van der Waals surface area contributed by atoms with E-state index in [2.05, 4.69) is 0 Å². The van der Waals surface area contributed by atoms with E-state index in [1.165, 1.54) is 12.1 Å². The van der Waals surface area contributed by atoms with Crippen molar-refractivity contribution < 1.29 is 18.0 Å². The van der Waals surface area contributed by atoms with Crippen molar-refractivity contribution in [2.45, 2.75) is 26.9 Å². The lowest BCUT2D eigenvalue weighted by molar-refractivity contribution is -0.167. The summed E-state index contributed by atoms with van der Waals surface area (Å²) >= 11 is 0. The molecule has 1 amide bonds. The average molecular weight is 233 g/mol. The Morgan fingerprint density at radius 2 is 1.56 bits per heavy atom. The van der Waals surface area contributed by atoms with Gasteiger partial charge in [-0.1, -0.05) is 31.5 Å². The van der Waals surface area contributed by atoms with Crippen LogP contribution in [0.3, 0.4) is 0 Å². The van der Waals surface area contributed by atoms with Crippen LogP contribution in [0.15, 0.2) is 24.3 Å². The molecule has 0 spiro atoms. The lowest BCUT2D eigenvalue weighted by Gasteiger charge is -2.07. The summed E-state index contributed by atoms with van der Waals surface area (Å²) in [6.45, 7) is 5.80. The van der Waals surface area contributed by atoms with Gasteiger partial charge < -0.3 is 5.32 Å². The molecule has 0 bridgehead atoms. The number of halogens is 3. The first-order valence-corrected chi connectivity index (χ1v) is 4.84. The first-order valence-electron chi connectivity index (χ1n) is 4.84. The van der Waals surface area contributed by atoms with E-state index >= 15 is 0 Å². The number of nitrogens with one attached hydrogen (secondary N) is 1. The van der Waals surface area contributed by atoms with E-state index in [4.69, 9.17) is 0 Å². The molecule has 1 aromatic carbocycles. The molecule has 1 N–H and O–H groups in total. The maximum atomic E-state index is 11.8. The molecule has 0 aromatic heterocycles. The fourth-order valence-electron chi connectivity index (χ4n) is 0.839. The first kappa shape index (κ1) is 14.5. The third-order valence-corrected chi connectivity index (χ3v) is 1.57. The van der Waals surface area contributed by atoms with E-state index in [9.17, 15) is 18.0 Å². The summed E-state index contributed by atoms with van der Waals surface area (Å²) in [7, 11) is 0. The molecule has 0 unspecified atom stereocenters. The number of carbonyl (C=O) groups excluding carboxylic acids is 1. The van der Waals surface area contributed by atoms with E-state index < -0.39 is 12.1 Å². The number of anilines is 1. The van der Waals surface area contributed by atoms with Gasteiger partial charge in [0.05, 0.1) is 0 Å². The molecular formula is C11H14F3NO. The van der Waals surface area contributed by atoms with E-state index in [1.54, 1.807) is 24.4 Å². The summed E-state index contributed by atoms with van der Waals surface area (Å²) in [5.41, 5.74) is 1.05. The molecule has 1 aromatic rings. The standard InChI is InChI=1S/C9H8F3NO.C2H6/c1-6-2-4-7(5-3-6)13-8(14)9(10,11)12;1-2/h2-5H,1H3,(H,13,14);1-2H3. The number of hydrogen-bond acceptors (Lipinski definition) is 1. The molecule has 16 heavy (non-hydrogen) atoms. The van der Waals surface area contributed by atoms with Crippen LogP contribution >= 0.6 is 0 Å². The van der Waals surface area contributed by atoms with Gasteiger partial charge in [0.25, 0.3) is 0 Å². The van der Waals surface area contributed by atoms with Gasteiger partial charge in [-0.3, -0.25) is 4.79 Å². The summed E-state index contributed by atoms with van der Waals surface area (Å²) in [4.78, 5) is 10.5. The number of benzene rings is 1. The maximum absolute atomic E-state index is 11.8. The second-order valence-electron chi connectivity index (χ2n) is 2.82. The Hall–Kier alpha value is -1.52. The second kappa shape index (κ2) is 6.15. The zero-order valence-electron chi connectivity index (χ0n) is 9.35. The van der Waals surface area contributed by atoms with Crippen molar-refractivity contribution >= 4 is 11.6 Å². The fraction of sp³-hybridized carbons (Fsp3) is 0.364. The molecule has 2 nitrogen and oxygen atoms in total. The molecule has 0 saturated heterocycles. The number of carbonyl (C=O) groups is 1. The summed E-state index contributed by atoms with van der Waals surface area (Å²) in [5, 5.41) is 1.75. The Bertz CT molecular complexity index is 330. The van der Waals surface area contributed by atoms with Crippen LogP contribution in [0.25, 0.3) is 0 Å². The van der Waals surface area contributed by atoms with Crippen LogP contribution in [0.5, 0.6) is 0 Å². The Kier molecular flexibility index (Phi) is 5.56. The topological polar surface area (TPSA) is 29.1 Å². The average Bonchev–Trinajstić information content (AvgIpc) is 2.23. The minimum atomic E-state index is -4.84. The zero-order chi connectivity index (χ0) is 12.8. The highest BCUT2D eigenvalue weighted by Gasteiger charge is 2.38. The number of amides is 1. The van der Waals surface area contributed by atoms with Crippen LogP contribution in [-0.4, -0.2) is 12.1 Å². The van der Waals surface area contributed by atoms with E-state index in [1.807, 2.05) is 13.8 Å². The fourth-order valence-corrected chi connectivity index (χ4v) is 0.839. The number of rotatable bonds is 1. The second-order valence-corrected chi connectivity index (χ2v) is 2.82. The minimum absolute atomic E-state index is 0.137. The van der Waals surface area contributed by atoms with Gasteiger partial charge in [0.2, 0.25) is 0 Å². The van der Waals surface area contributed by atoms with Crippen LogP contribution in [0, 0.1) is 6.92 Å². The van der Waals surface area contributed by atoms with Crippen LogP contribution in [-0.2, 0) is 4.79 Å². The van der Waals surface area contributed by atoms with Crippen molar-refractivity contribution in [3.63, 3.8) is 0 Å². The van der Waals surface area contributed by atoms with E-state index in [-0.39, 0.29) is 5.69 Å². The van der Waals surface area contributed by atoms with Crippen LogP contribution in [0.1, 0.15) is 19.4 Å². The van der Waals surface area contributed by atoms with Crippen molar-refractivity contribution in [1.82, 2.24) is 0 Å². The van der Waals surface area contributed by atoms with E-state index in [0.717, 1.165) is 5.56 Å². The Labute approximate surface area is 92.5 Å². The van der Waals surface area contributed by atoms with Gasteiger partial charge in [-0.05, 0) is 19.1 Å². The van der Waals surface area contributed by atoms with Gasteiger partial charge in [0.15, 0.2) is 0 Å². The highest BCUT2D eigenvalue weighted by molar-refractivity contribution is 5.94. The molecule has 0 fully saturated rings. The van der Waals surface area contributed by atoms with Crippen molar-refractivity contribution in [2.24, 2.45) is 0 Å². The van der Waals surface area contributed by atoms with Gasteiger partial charge in [-0.2, -0.15) is 13.2 Å². The Morgan fingerprint density at radius 1 is 1.12 bits per heavy atom. The van der Waals surface area contributed by atoms with Gasteiger partial charge in [0, 0.05) is 5.69 Å². The number of hydrogen-bond donors (Lipinski definition) is 1. The van der Waals surface area contributed by atoms with Crippen LogP contribution < -0.4 is 5.32 Å². The van der Waals surface area contributed by atoms with Crippen molar-refractivity contribution in [2.75, 3.05) is 5.32 Å². The molecule has 1 rings (SSSR count). The number of alkyl halides is 3. The molecule has 0 saturated carbocycles. The highest BCUT2D eigenvalue weighted by Crippen LogP contribution is 2.18. The first-order chi connectivity index (χ1) is 7.39. The van der Waals surface area contributed by atoms with Crippen molar-refractivity contribution in [3.05, 3.63) is 29.8 Å². The Morgan fingerprint density at radius 3 is 1.94 bits per heavy atom. The normalized spacial score (nSPS) is 10.1. The zero-order valence-corrected chi connectivity index (χ0v) is 9.35. The van der Waals surface area contributed by atoms with Gasteiger partial charge >= 0.3 is 12.1 Å². The molecular weight excluding hydrogens is 219 g/mol. The smallest absolute Gasteiger partial charge is 0.318 e. The minimum Gasteiger partial charge on any atom is -0.318 e. The monoisotopic (exact) mass is 233 g/mol. The predicted octanol–water partition coefficient (Wildman–Crippen LogP) is 3.52. The number of aryl methyl sites for hydroxylation is 1. The largest absolute Gasteiger partial charge is 0.471 e. The molecule has 0 aliphatic heterocycles. The third-order valence-electron chi connectivity index (χ3n) is 1.57. The van der Waals surface area contributed by atoms with Crippen molar-refractivity contribution in [1.29, 1.82) is 0 Å². The van der Waals surface area contributed by atoms with Crippen molar-refractivity contribution in [3.8, 4) is 0 Å². The predicted molar refractivity (Wildman–Crippen MR) is 57.2 cm³/mol. The van der Waals surface area contributed by atoms with Gasteiger partial charge in [-0.15, -0.1) is 0 Å². The summed E-state index contributed by atoms with van der Waals surface area (Å²) < 4.78 is 35.4. The molecule has 0 radical (unpaired) electrons. The lowest BCUT2D eigenvalue weighted by atomic mass is 10.2. The lowest BCUT2D eigenvalue weighted by Crippen LogP contribution is -2.29.